The van der Waals surface area contributed by atoms with Gasteiger partial charge in [0.05, 0.1) is 11.8 Å². The van der Waals surface area contributed by atoms with Gasteiger partial charge in [0.25, 0.3) is 5.91 Å². The number of esters is 1. The molecule has 3 aromatic heterocycles. The minimum absolute atomic E-state index is 0.154. The number of amides is 1. The zero-order chi connectivity index (χ0) is 22.1. The molecule has 3 aromatic rings. The maximum atomic E-state index is 13.2. The van der Waals surface area contributed by atoms with Crippen LogP contribution >= 0.6 is 22.7 Å². The van der Waals surface area contributed by atoms with E-state index in [0.717, 1.165) is 29.9 Å². The summed E-state index contributed by atoms with van der Waals surface area (Å²) in [5.74, 6) is -0.662. The molecule has 0 aromatic carbocycles. The minimum atomic E-state index is -0.513. The third-order valence-corrected chi connectivity index (χ3v) is 7.69. The number of carbonyl (C=O) groups is 2. The van der Waals surface area contributed by atoms with Crippen LogP contribution in [-0.2, 0) is 16.6 Å². The lowest BCUT2D eigenvalue weighted by molar-refractivity contribution is -0.136. The smallest absolute Gasteiger partial charge is 0.355 e. The topological polar surface area (TPSA) is 63.9 Å². The Morgan fingerprint density at radius 2 is 2.03 bits per heavy atom. The van der Waals surface area contributed by atoms with Crippen molar-refractivity contribution in [2.24, 2.45) is 18.1 Å². The first-order valence-corrected chi connectivity index (χ1v) is 12.3. The fourth-order valence-electron chi connectivity index (χ4n) is 4.43. The van der Waals surface area contributed by atoms with Crippen LogP contribution in [0.15, 0.2) is 64.0 Å². The summed E-state index contributed by atoms with van der Waals surface area (Å²) < 4.78 is 7.02. The van der Waals surface area contributed by atoms with E-state index in [1.54, 1.807) is 57.6 Å². The molecule has 32 heavy (non-hydrogen) atoms. The molecule has 0 spiro atoms. The van der Waals surface area contributed by atoms with Gasteiger partial charge < -0.3 is 9.30 Å². The number of aromatic nitrogens is 1. The molecule has 6 nitrogen and oxygen atoms in total. The Balaban J connectivity index is 1.41. The predicted octanol–water partition coefficient (Wildman–Crippen LogP) is 5.13. The molecule has 0 radical (unpaired) electrons. The van der Waals surface area contributed by atoms with Crippen molar-refractivity contribution in [3.8, 4) is 0 Å². The van der Waals surface area contributed by atoms with Crippen molar-refractivity contribution in [2.75, 3.05) is 6.61 Å². The Labute approximate surface area is 194 Å². The molecule has 2 atom stereocenters. The molecule has 8 heteroatoms. The molecule has 1 fully saturated rings. The van der Waals surface area contributed by atoms with Crippen LogP contribution in [0.2, 0.25) is 0 Å². The number of hydrazone groups is 1. The van der Waals surface area contributed by atoms with Crippen molar-refractivity contribution in [1.29, 1.82) is 0 Å². The summed E-state index contributed by atoms with van der Waals surface area (Å²) in [5, 5.41) is 10.5. The Hall–Kier alpha value is -2.97. The average Bonchev–Trinajstić information content (AvgIpc) is 3.58. The highest BCUT2D eigenvalue weighted by Gasteiger charge is 2.44. The van der Waals surface area contributed by atoms with Gasteiger partial charge in [-0.05, 0) is 65.9 Å². The van der Waals surface area contributed by atoms with E-state index in [0.29, 0.717) is 5.69 Å². The Bertz CT molecular complexity index is 1180. The van der Waals surface area contributed by atoms with Gasteiger partial charge in [-0.1, -0.05) is 12.1 Å². The number of aryl methyl sites for hydroxylation is 1. The van der Waals surface area contributed by atoms with Crippen molar-refractivity contribution in [1.82, 2.24) is 9.58 Å². The second kappa shape index (κ2) is 8.88. The first kappa shape index (κ1) is 20.9. The quantitative estimate of drug-likeness (QED) is 0.491. The SMILES string of the molecule is Cn1cccc1C(=O)OCC(=O)N1N=C2C(=Cc3cccs3)CCCC2C1c1cccs1. The van der Waals surface area contributed by atoms with Crippen LogP contribution in [0.3, 0.4) is 0 Å². The maximum absolute atomic E-state index is 13.2. The highest BCUT2D eigenvalue weighted by atomic mass is 32.1. The lowest BCUT2D eigenvalue weighted by atomic mass is 9.79. The second-order valence-corrected chi connectivity index (χ2v) is 9.91. The first-order valence-electron chi connectivity index (χ1n) is 10.6. The molecule has 1 amide bonds. The molecule has 2 aliphatic rings. The maximum Gasteiger partial charge on any atom is 0.355 e. The lowest BCUT2D eigenvalue weighted by Crippen LogP contribution is -2.34. The van der Waals surface area contributed by atoms with E-state index < -0.39 is 5.97 Å². The molecule has 1 aliphatic heterocycles. The minimum Gasteiger partial charge on any atom is -0.451 e. The fraction of sp³-hybridized carbons (Fsp3) is 0.292. The van der Waals surface area contributed by atoms with E-state index in [4.69, 9.17) is 9.84 Å². The van der Waals surface area contributed by atoms with Gasteiger partial charge in [-0.2, -0.15) is 5.10 Å². The van der Waals surface area contributed by atoms with E-state index in [-0.39, 0.29) is 24.5 Å². The number of allylic oxidation sites excluding steroid dienone is 1. The van der Waals surface area contributed by atoms with Gasteiger partial charge in [0.2, 0.25) is 0 Å². The van der Waals surface area contributed by atoms with Gasteiger partial charge >= 0.3 is 5.97 Å². The number of fused-ring (bicyclic) bond motifs is 1. The van der Waals surface area contributed by atoms with Gasteiger partial charge in [0, 0.05) is 28.9 Å². The van der Waals surface area contributed by atoms with Crippen molar-refractivity contribution in [3.63, 3.8) is 0 Å². The van der Waals surface area contributed by atoms with Crippen LogP contribution in [0.4, 0.5) is 0 Å². The van der Waals surface area contributed by atoms with Crippen LogP contribution in [0.5, 0.6) is 0 Å². The normalized spacial score (nSPS) is 21.5. The van der Waals surface area contributed by atoms with Crippen molar-refractivity contribution in [3.05, 3.63) is 74.4 Å². The molecule has 4 heterocycles. The number of rotatable bonds is 5. The third-order valence-electron chi connectivity index (χ3n) is 5.93. The van der Waals surface area contributed by atoms with Gasteiger partial charge in [-0.3, -0.25) is 4.79 Å². The number of ether oxygens (including phenoxy) is 1. The molecule has 0 bridgehead atoms. The molecule has 0 N–H and O–H groups in total. The summed E-state index contributed by atoms with van der Waals surface area (Å²) in [6, 6.07) is 11.5. The van der Waals surface area contributed by atoms with Gasteiger partial charge in [0.15, 0.2) is 6.61 Å². The molecule has 0 saturated heterocycles. The average molecular weight is 466 g/mol. The van der Waals surface area contributed by atoms with Crippen LogP contribution < -0.4 is 0 Å². The van der Waals surface area contributed by atoms with Crippen LogP contribution in [-0.4, -0.2) is 33.8 Å². The van der Waals surface area contributed by atoms with E-state index in [2.05, 4.69) is 23.6 Å². The van der Waals surface area contributed by atoms with Crippen LogP contribution in [0, 0.1) is 5.92 Å². The number of hydrogen-bond donors (Lipinski definition) is 0. The Kier molecular flexibility index (Phi) is 5.80. The summed E-state index contributed by atoms with van der Waals surface area (Å²) in [5.41, 5.74) is 2.60. The summed E-state index contributed by atoms with van der Waals surface area (Å²) in [6.07, 6.45) is 6.96. The van der Waals surface area contributed by atoms with Crippen molar-refractivity contribution in [2.45, 2.75) is 25.3 Å². The Morgan fingerprint density at radius 3 is 2.75 bits per heavy atom. The molecule has 1 aliphatic carbocycles. The predicted molar refractivity (Wildman–Crippen MR) is 127 cm³/mol. The van der Waals surface area contributed by atoms with Crippen LogP contribution in [0.25, 0.3) is 6.08 Å². The highest BCUT2D eigenvalue weighted by molar-refractivity contribution is 7.11. The highest BCUT2D eigenvalue weighted by Crippen LogP contribution is 2.45. The van der Waals surface area contributed by atoms with Gasteiger partial charge in [-0.15, -0.1) is 22.7 Å². The summed E-state index contributed by atoms with van der Waals surface area (Å²) in [7, 11) is 1.77. The summed E-state index contributed by atoms with van der Waals surface area (Å²) in [4.78, 5) is 27.9. The molecular formula is C24H23N3O3S2. The van der Waals surface area contributed by atoms with E-state index in [1.165, 1.54) is 10.5 Å². The number of nitrogens with zero attached hydrogens (tertiary/aromatic N) is 3. The monoisotopic (exact) mass is 465 g/mol. The largest absolute Gasteiger partial charge is 0.451 e. The van der Waals surface area contributed by atoms with Crippen LogP contribution in [0.1, 0.15) is 45.5 Å². The second-order valence-electron chi connectivity index (χ2n) is 7.95. The lowest BCUT2D eigenvalue weighted by Gasteiger charge is -2.28. The molecule has 1 saturated carbocycles. The fourth-order valence-corrected chi connectivity index (χ4v) is 5.99. The standard InChI is InChI=1S/C24H23N3O3S2/c1-26-11-3-9-19(26)24(29)30-15-21(28)27-23(20-10-5-13-32-20)18-8-2-6-16(22(18)25-27)14-17-7-4-12-31-17/h3-5,7,9-14,18,23H,2,6,8,15H2,1H3. The molecule has 164 valence electrons. The Morgan fingerprint density at radius 1 is 1.19 bits per heavy atom. The van der Waals surface area contributed by atoms with Gasteiger partial charge in [-0.25, -0.2) is 9.80 Å². The van der Waals surface area contributed by atoms with E-state index in [9.17, 15) is 9.59 Å². The van der Waals surface area contributed by atoms with E-state index >= 15 is 0 Å². The number of carbonyl (C=O) groups excluding carboxylic acids is 2. The van der Waals surface area contributed by atoms with Crippen molar-refractivity contribution >= 4 is 46.3 Å². The zero-order valence-electron chi connectivity index (χ0n) is 17.6. The number of thiophene rings is 2. The molecule has 2 unspecified atom stereocenters. The number of hydrogen-bond acceptors (Lipinski definition) is 6. The zero-order valence-corrected chi connectivity index (χ0v) is 19.3. The van der Waals surface area contributed by atoms with Crippen molar-refractivity contribution < 1.29 is 14.3 Å². The first-order chi connectivity index (χ1) is 15.6. The van der Waals surface area contributed by atoms with Gasteiger partial charge in [0.1, 0.15) is 5.69 Å². The molecular weight excluding hydrogens is 442 g/mol. The third kappa shape index (κ3) is 3.96. The summed E-state index contributed by atoms with van der Waals surface area (Å²) in [6.45, 7) is -0.334. The van der Waals surface area contributed by atoms with E-state index in [1.807, 2.05) is 17.5 Å². The molecule has 5 rings (SSSR count). The summed E-state index contributed by atoms with van der Waals surface area (Å²) >= 11 is 3.33.